The largest absolute Gasteiger partial charge is 0.444 e. The molecule has 0 aromatic carbocycles. The highest BCUT2D eigenvalue weighted by atomic mass is 19.4. The van der Waals surface area contributed by atoms with Crippen molar-refractivity contribution in [3.8, 4) is 0 Å². The van der Waals surface area contributed by atoms with Gasteiger partial charge in [0.1, 0.15) is 12.2 Å². The minimum atomic E-state index is -4.36. The average molecular weight is 311 g/mol. The molecule has 124 valence electrons. The van der Waals surface area contributed by atoms with E-state index in [4.69, 9.17) is 9.47 Å². The number of likely N-dealkylation sites (tertiary alicyclic amines) is 1. The molecule has 0 saturated carbocycles. The van der Waals surface area contributed by atoms with Crippen LogP contribution in [0.25, 0.3) is 0 Å². The Hall–Kier alpha value is -0.980. The van der Waals surface area contributed by atoms with Crippen molar-refractivity contribution in [3.05, 3.63) is 0 Å². The number of alkyl halides is 3. The summed E-state index contributed by atoms with van der Waals surface area (Å²) in [6, 6.07) is 0. The molecule has 1 aliphatic heterocycles. The molecule has 1 unspecified atom stereocenters. The topological polar surface area (TPSA) is 38.8 Å². The second-order valence-electron chi connectivity index (χ2n) is 6.45. The van der Waals surface area contributed by atoms with Gasteiger partial charge < -0.3 is 14.4 Å². The number of rotatable bonds is 3. The van der Waals surface area contributed by atoms with Crippen molar-refractivity contribution < 1.29 is 27.4 Å². The Balaban J connectivity index is 2.69. The Kier molecular flexibility index (Phi) is 5.52. The van der Waals surface area contributed by atoms with E-state index in [0.717, 1.165) is 0 Å². The van der Waals surface area contributed by atoms with Gasteiger partial charge in [0, 0.05) is 6.54 Å². The lowest BCUT2D eigenvalue weighted by molar-refractivity contribution is -0.213. The minimum absolute atomic E-state index is 0.133. The molecule has 0 aromatic rings. The number of hydrogen-bond acceptors (Lipinski definition) is 3. The fraction of sp³-hybridized carbons (Fsp3) is 0.929. The lowest BCUT2D eigenvalue weighted by atomic mass is 9.90. The molecule has 1 saturated heterocycles. The summed E-state index contributed by atoms with van der Waals surface area (Å²) in [5, 5.41) is 0. The van der Waals surface area contributed by atoms with Gasteiger partial charge in [-0.1, -0.05) is 6.92 Å². The van der Waals surface area contributed by atoms with Gasteiger partial charge in [0.2, 0.25) is 0 Å². The van der Waals surface area contributed by atoms with E-state index in [0.29, 0.717) is 25.8 Å². The van der Waals surface area contributed by atoms with E-state index in [9.17, 15) is 18.0 Å². The smallest absolute Gasteiger partial charge is 0.411 e. The molecule has 1 amide bonds. The number of ether oxygens (including phenoxy) is 2. The molecule has 1 aliphatic rings. The average Bonchev–Trinajstić information content (AvgIpc) is 2.34. The normalized spacial score (nSPS) is 24.0. The van der Waals surface area contributed by atoms with E-state index in [1.54, 1.807) is 27.7 Å². The van der Waals surface area contributed by atoms with Gasteiger partial charge in [-0.15, -0.1) is 0 Å². The number of carbonyl (C=O) groups is 1. The van der Waals surface area contributed by atoms with Crippen LogP contribution in [0, 0.1) is 0 Å². The zero-order valence-corrected chi connectivity index (χ0v) is 13.0. The second-order valence-corrected chi connectivity index (χ2v) is 6.45. The number of hydrogen-bond donors (Lipinski definition) is 0. The number of halogens is 3. The van der Waals surface area contributed by atoms with Crippen molar-refractivity contribution in [1.29, 1.82) is 0 Å². The van der Waals surface area contributed by atoms with E-state index in [-0.39, 0.29) is 6.54 Å². The molecule has 7 heteroatoms. The molecule has 0 aromatic heterocycles. The van der Waals surface area contributed by atoms with Gasteiger partial charge in [0.05, 0.1) is 12.1 Å². The fourth-order valence-corrected chi connectivity index (χ4v) is 2.32. The van der Waals surface area contributed by atoms with Gasteiger partial charge in [0.15, 0.2) is 0 Å². The zero-order valence-electron chi connectivity index (χ0n) is 13.0. The highest BCUT2D eigenvalue weighted by Gasteiger charge is 2.41. The van der Waals surface area contributed by atoms with Crippen LogP contribution in [-0.4, -0.2) is 48.1 Å². The van der Waals surface area contributed by atoms with Crippen LogP contribution >= 0.6 is 0 Å². The van der Waals surface area contributed by atoms with Gasteiger partial charge in [-0.3, -0.25) is 0 Å². The maximum absolute atomic E-state index is 12.4. The first-order chi connectivity index (χ1) is 9.46. The van der Waals surface area contributed by atoms with E-state index >= 15 is 0 Å². The predicted octanol–water partition coefficient (Wildman–Crippen LogP) is 3.75. The summed E-state index contributed by atoms with van der Waals surface area (Å²) in [6.45, 7) is 6.35. The van der Waals surface area contributed by atoms with Crippen molar-refractivity contribution in [2.24, 2.45) is 0 Å². The first-order valence-corrected chi connectivity index (χ1v) is 7.15. The number of amides is 1. The molecular weight excluding hydrogens is 287 g/mol. The summed E-state index contributed by atoms with van der Waals surface area (Å²) in [4.78, 5) is 13.5. The molecule has 21 heavy (non-hydrogen) atoms. The summed E-state index contributed by atoms with van der Waals surface area (Å²) in [5.41, 5.74) is -1.57. The van der Waals surface area contributed by atoms with E-state index in [1.165, 1.54) is 4.90 Å². The second kappa shape index (κ2) is 6.42. The van der Waals surface area contributed by atoms with Crippen LogP contribution < -0.4 is 0 Å². The van der Waals surface area contributed by atoms with Gasteiger partial charge in [-0.05, 0) is 40.0 Å². The van der Waals surface area contributed by atoms with Crippen LogP contribution in [0.4, 0.5) is 18.0 Å². The van der Waals surface area contributed by atoms with Gasteiger partial charge >= 0.3 is 12.3 Å². The van der Waals surface area contributed by atoms with Crippen molar-refractivity contribution in [2.75, 3.05) is 19.7 Å². The Bertz CT molecular complexity index is 365. The molecule has 1 atom stereocenters. The lowest BCUT2D eigenvalue weighted by Gasteiger charge is -2.42. The highest BCUT2D eigenvalue weighted by Crippen LogP contribution is 2.31. The van der Waals surface area contributed by atoms with Crippen LogP contribution in [0.5, 0.6) is 0 Å². The molecule has 0 bridgehead atoms. The third kappa shape index (κ3) is 6.11. The quantitative estimate of drug-likeness (QED) is 0.797. The molecule has 0 aliphatic carbocycles. The number of carbonyl (C=O) groups excluding carboxylic acids is 1. The molecule has 0 N–H and O–H groups in total. The maximum atomic E-state index is 12.4. The Labute approximate surface area is 123 Å². The molecule has 0 radical (unpaired) electrons. The van der Waals surface area contributed by atoms with Gasteiger partial charge in [-0.2, -0.15) is 13.2 Å². The maximum Gasteiger partial charge on any atom is 0.411 e. The third-order valence-electron chi connectivity index (χ3n) is 3.38. The predicted molar refractivity (Wildman–Crippen MR) is 72.1 cm³/mol. The Morgan fingerprint density at radius 3 is 2.38 bits per heavy atom. The highest BCUT2D eigenvalue weighted by molar-refractivity contribution is 5.68. The SMILES string of the molecule is CCC1(OCC(F)(F)F)CCCN(C(=O)OC(C)(C)C)C1. The molecule has 0 spiro atoms. The van der Waals surface area contributed by atoms with Crippen molar-refractivity contribution in [1.82, 2.24) is 4.90 Å². The summed E-state index contributed by atoms with van der Waals surface area (Å²) in [5.74, 6) is 0. The molecule has 4 nitrogen and oxygen atoms in total. The molecular formula is C14H24F3NO3. The van der Waals surface area contributed by atoms with E-state index in [1.807, 2.05) is 0 Å². The first-order valence-electron chi connectivity index (χ1n) is 7.15. The van der Waals surface area contributed by atoms with Crippen LogP contribution in [0.3, 0.4) is 0 Å². The van der Waals surface area contributed by atoms with Crippen LogP contribution in [0.15, 0.2) is 0 Å². The lowest BCUT2D eigenvalue weighted by Crippen LogP contribution is -2.53. The molecule has 1 heterocycles. The summed E-state index contributed by atoms with van der Waals surface area (Å²) in [7, 11) is 0. The van der Waals surface area contributed by atoms with Crippen molar-refractivity contribution >= 4 is 6.09 Å². The van der Waals surface area contributed by atoms with Crippen LogP contribution in [0.1, 0.15) is 47.0 Å². The Morgan fingerprint density at radius 2 is 1.90 bits per heavy atom. The third-order valence-corrected chi connectivity index (χ3v) is 3.38. The number of piperidine rings is 1. The van der Waals surface area contributed by atoms with Crippen LogP contribution in [0.2, 0.25) is 0 Å². The Morgan fingerprint density at radius 1 is 1.29 bits per heavy atom. The fourth-order valence-electron chi connectivity index (χ4n) is 2.32. The molecule has 1 fully saturated rings. The zero-order chi connectivity index (χ0) is 16.3. The van der Waals surface area contributed by atoms with Gasteiger partial charge in [-0.25, -0.2) is 4.79 Å². The number of nitrogens with zero attached hydrogens (tertiary/aromatic N) is 1. The van der Waals surface area contributed by atoms with Crippen LogP contribution in [-0.2, 0) is 9.47 Å². The van der Waals surface area contributed by atoms with E-state index in [2.05, 4.69) is 0 Å². The van der Waals surface area contributed by atoms with E-state index < -0.39 is 30.1 Å². The standard InChI is InChI=1S/C14H24F3NO3/c1-5-13(20-10-14(15,16)17)7-6-8-18(9-13)11(19)21-12(2,3)4/h5-10H2,1-4H3. The summed E-state index contributed by atoms with van der Waals surface area (Å²) >= 11 is 0. The summed E-state index contributed by atoms with van der Waals surface area (Å²) in [6.07, 6.45) is -3.33. The monoisotopic (exact) mass is 311 g/mol. The first kappa shape index (κ1) is 18.1. The van der Waals surface area contributed by atoms with Gasteiger partial charge in [0.25, 0.3) is 0 Å². The summed E-state index contributed by atoms with van der Waals surface area (Å²) < 4.78 is 47.5. The van der Waals surface area contributed by atoms with Crippen molar-refractivity contribution in [3.63, 3.8) is 0 Å². The molecule has 1 rings (SSSR count). The minimum Gasteiger partial charge on any atom is -0.444 e. The van der Waals surface area contributed by atoms with Crippen molar-refractivity contribution in [2.45, 2.75) is 64.3 Å².